The van der Waals surface area contributed by atoms with Gasteiger partial charge in [-0.05, 0) is 36.0 Å². The van der Waals surface area contributed by atoms with E-state index in [1.807, 2.05) is 12.1 Å². The van der Waals surface area contributed by atoms with Crippen LogP contribution in [0.25, 0.3) is 0 Å². The third-order valence-corrected chi connectivity index (χ3v) is 3.93. The Labute approximate surface area is 116 Å². The second kappa shape index (κ2) is 7.82. The molecule has 0 fully saturated rings. The molecule has 0 aliphatic heterocycles. The molecule has 1 aromatic carbocycles. The van der Waals surface area contributed by atoms with Gasteiger partial charge in [0.25, 0.3) is 0 Å². The Hall–Kier alpha value is -1.51. The van der Waals surface area contributed by atoms with Gasteiger partial charge < -0.3 is 10.3 Å². The quantitative estimate of drug-likeness (QED) is 0.431. The number of benzene rings is 1. The summed E-state index contributed by atoms with van der Waals surface area (Å²) in [5.41, 5.74) is 1.76. The Bertz CT molecular complexity index is 415. The molecule has 1 rings (SSSR count). The first kappa shape index (κ1) is 15.5. The maximum atomic E-state index is 9.68. The first-order valence-electron chi connectivity index (χ1n) is 7.14. The highest BCUT2D eigenvalue weighted by Crippen LogP contribution is 2.32. The summed E-state index contributed by atoms with van der Waals surface area (Å²) in [6, 6.07) is 5.55. The SMILES string of the molecule is CCCCC(CC)C(C)c1ccc(O)c(/C=N/O)c1. The third kappa shape index (κ3) is 4.27. The van der Waals surface area contributed by atoms with Gasteiger partial charge >= 0.3 is 0 Å². The van der Waals surface area contributed by atoms with Crippen LogP contribution in [-0.4, -0.2) is 16.5 Å². The number of hydrogen-bond donors (Lipinski definition) is 2. The summed E-state index contributed by atoms with van der Waals surface area (Å²) < 4.78 is 0. The molecule has 2 N–H and O–H groups in total. The smallest absolute Gasteiger partial charge is 0.124 e. The lowest BCUT2D eigenvalue weighted by Crippen LogP contribution is -2.09. The summed E-state index contributed by atoms with van der Waals surface area (Å²) in [7, 11) is 0. The van der Waals surface area contributed by atoms with Gasteiger partial charge in [-0.2, -0.15) is 0 Å². The lowest BCUT2D eigenvalue weighted by Gasteiger charge is -2.23. The van der Waals surface area contributed by atoms with E-state index >= 15 is 0 Å². The van der Waals surface area contributed by atoms with Crippen molar-refractivity contribution >= 4 is 6.21 Å². The number of phenols is 1. The molecule has 0 amide bonds. The van der Waals surface area contributed by atoms with Gasteiger partial charge in [0, 0.05) is 5.56 Å². The second-order valence-corrected chi connectivity index (χ2v) is 5.16. The van der Waals surface area contributed by atoms with Crippen LogP contribution in [-0.2, 0) is 0 Å². The van der Waals surface area contributed by atoms with Gasteiger partial charge in [0.05, 0.1) is 6.21 Å². The molecule has 0 spiro atoms. The third-order valence-electron chi connectivity index (χ3n) is 3.93. The maximum Gasteiger partial charge on any atom is 0.124 e. The molecule has 3 nitrogen and oxygen atoms in total. The zero-order valence-electron chi connectivity index (χ0n) is 12.1. The van der Waals surface area contributed by atoms with Crippen molar-refractivity contribution in [3.05, 3.63) is 29.3 Å². The lowest BCUT2D eigenvalue weighted by atomic mass is 9.82. The van der Waals surface area contributed by atoms with Crippen LogP contribution in [0.2, 0.25) is 0 Å². The van der Waals surface area contributed by atoms with Crippen LogP contribution in [0.4, 0.5) is 0 Å². The number of nitrogens with zero attached hydrogens (tertiary/aromatic N) is 1. The molecule has 2 atom stereocenters. The van der Waals surface area contributed by atoms with Crippen LogP contribution >= 0.6 is 0 Å². The molecule has 3 heteroatoms. The second-order valence-electron chi connectivity index (χ2n) is 5.16. The highest BCUT2D eigenvalue weighted by atomic mass is 16.4. The van der Waals surface area contributed by atoms with Crippen LogP contribution in [0.5, 0.6) is 5.75 Å². The molecular weight excluding hydrogens is 238 g/mol. The van der Waals surface area contributed by atoms with E-state index < -0.39 is 0 Å². The predicted octanol–water partition coefficient (Wildman–Crippen LogP) is 4.52. The van der Waals surface area contributed by atoms with E-state index in [-0.39, 0.29) is 5.75 Å². The standard InChI is InChI=1S/C16H25NO2/c1-4-6-7-13(5-2)12(3)14-8-9-16(18)15(10-14)11-17-19/h8-13,18-19H,4-7H2,1-3H3/b17-11+. The minimum atomic E-state index is 0.148. The van der Waals surface area contributed by atoms with Gasteiger partial charge in [-0.3, -0.25) is 0 Å². The fourth-order valence-corrected chi connectivity index (χ4v) is 2.57. The van der Waals surface area contributed by atoms with Gasteiger partial charge in [-0.25, -0.2) is 0 Å². The number of aromatic hydroxyl groups is 1. The summed E-state index contributed by atoms with van der Waals surface area (Å²) >= 11 is 0. The number of hydrogen-bond acceptors (Lipinski definition) is 3. The zero-order chi connectivity index (χ0) is 14.3. The van der Waals surface area contributed by atoms with E-state index in [1.54, 1.807) is 6.07 Å². The van der Waals surface area contributed by atoms with Crippen LogP contribution in [0.1, 0.15) is 63.5 Å². The first-order valence-corrected chi connectivity index (χ1v) is 7.14. The van der Waals surface area contributed by atoms with E-state index in [1.165, 1.54) is 31.0 Å². The van der Waals surface area contributed by atoms with Gasteiger partial charge in [0.2, 0.25) is 0 Å². The molecule has 0 aliphatic rings. The number of phenolic OH excluding ortho intramolecular Hbond substituents is 1. The first-order chi connectivity index (χ1) is 9.13. The highest BCUT2D eigenvalue weighted by Gasteiger charge is 2.17. The summed E-state index contributed by atoms with van der Waals surface area (Å²) in [6.45, 7) is 6.68. The molecule has 0 saturated carbocycles. The van der Waals surface area contributed by atoms with Crippen molar-refractivity contribution in [1.82, 2.24) is 0 Å². The van der Waals surface area contributed by atoms with Crippen molar-refractivity contribution in [1.29, 1.82) is 0 Å². The Balaban J connectivity index is 2.91. The Morgan fingerprint density at radius 1 is 1.32 bits per heavy atom. The molecule has 1 aromatic rings. The van der Waals surface area contributed by atoms with Crippen molar-refractivity contribution in [3.8, 4) is 5.75 Å². The zero-order valence-corrected chi connectivity index (χ0v) is 12.1. The molecule has 0 aliphatic carbocycles. The Morgan fingerprint density at radius 3 is 2.63 bits per heavy atom. The molecule has 2 unspecified atom stereocenters. The monoisotopic (exact) mass is 263 g/mol. The summed E-state index contributed by atoms with van der Waals surface area (Å²) in [5, 5.41) is 21.3. The van der Waals surface area contributed by atoms with Gasteiger partial charge in [0.15, 0.2) is 0 Å². The summed E-state index contributed by atoms with van der Waals surface area (Å²) in [4.78, 5) is 0. The van der Waals surface area contributed by atoms with Crippen LogP contribution < -0.4 is 0 Å². The molecule has 0 saturated heterocycles. The summed E-state index contributed by atoms with van der Waals surface area (Å²) in [5.74, 6) is 1.25. The average Bonchev–Trinajstić information content (AvgIpc) is 2.42. The number of rotatable bonds is 7. The molecule has 0 aromatic heterocycles. The normalized spacial score (nSPS) is 14.7. The molecule has 0 radical (unpaired) electrons. The topological polar surface area (TPSA) is 52.8 Å². The van der Waals surface area contributed by atoms with Gasteiger partial charge in [-0.1, -0.05) is 51.3 Å². The fourth-order valence-electron chi connectivity index (χ4n) is 2.57. The molecular formula is C16H25NO2. The fraction of sp³-hybridized carbons (Fsp3) is 0.562. The lowest BCUT2D eigenvalue weighted by molar-refractivity contribution is 0.321. The molecule has 0 heterocycles. The van der Waals surface area contributed by atoms with Crippen LogP contribution in [0.15, 0.2) is 23.4 Å². The molecule has 19 heavy (non-hydrogen) atoms. The number of unbranched alkanes of at least 4 members (excludes halogenated alkanes) is 1. The predicted molar refractivity (Wildman–Crippen MR) is 79.2 cm³/mol. The average molecular weight is 263 g/mol. The minimum absolute atomic E-state index is 0.148. The minimum Gasteiger partial charge on any atom is -0.507 e. The van der Waals surface area contributed by atoms with E-state index in [2.05, 4.69) is 25.9 Å². The summed E-state index contributed by atoms with van der Waals surface area (Å²) in [6.07, 6.45) is 6.15. The Kier molecular flexibility index (Phi) is 6.40. The van der Waals surface area contributed by atoms with E-state index in [9.17, 15) is 5.11 Å². The Morgan fingerprint density at radius 2 is 2.05 bits per heavy atom. The van der Waals surface area contributed by atoms with Gasteiger partial charge in [0.1, 0.15) is 5.75 Å². The van der Waals surface area contributed by atoms with E-state index in [0.717, 1.165) is 6.42 Å². The van der Waals surface area contributed by atoms with Gasteiger partial charge in [-0.15, -0.1) is 0 Å². The van der Waals surface area contributed by atoms with Crippen molar-refractivity contribution in [2.75, 3.05) is 0 Å². The maximum absolute atomic E-state index is 9.68. The molecule has 0 bridgehead atoms. The number of oxime groups is 1. The van der Waals surface area contributed by atoms with Crippen LogP contribution in [0, 0.1) is 5.92 Å². The van der Waals surface area contributed by atoms with Crippen molar-refractivity contribution < 1.29 is 10.3 Å². The van der Waals surface area contributed by atoms with E-state index in [0.29, 0.717) is 17.4 Å². The largest absolute Gasteiger partial charge is 0.507 e. The highest BCUT2D eigenvalue weighted by molar-refractivity contribution is 5.83. The van der Waals surface area contributed by atoms with E-state index in [4.69, 9.17) is 5.21 Å². The van der Waals surface area contributed by atoms with Crippen LogP contribution in [0.3, 0.4) is 0 Å². The van der Waals surface area contributed by atoms with Crippen molar-refractivity contribution in [2.24, 2.45) is 11.1 Å². The van der Waals surface area contributed by atoms with Crippen molar-refractivity contribution in [3.63, 3.8) is 0 Å². The van der Waals surface area contributed by atoms with Crippen molar-refractivity contribution in [2.45, 2.75) is 52.4 Å². The molecule has 106 valence electrons.